The topological polar surface area (TPSA) is 80.3 Å². The molecule has 0 spiro atoms. The molecule has 26 heavy (non-hydrogen) atoms. The Morgan fingerprint density at radius 3 is 2.73 bits per heavy atom. The third-order valence-electron chi connectivity index (χ3n) is 4.42. The molecule has 0 bridgehead atoms. The minimum absolute atomic E-state index is 0. The Kier molecular flexibility index (Phi) is 10.2. The number of unbranched alkanes of at least 4 members (excludes halogenated alkanes) is 1. The summed E-state index contributed by atoms with van der Waals surface area (Å²) in [5.74, 6) is 0. The number of nitrogens with one attached hydrogen (secondary N) is 1. The molecule has 0 saturated carbocycles. The SMILES string of the molecule is CCCCOCC(O)C[NH+]1CCN(c2ccc(Cl)cc2[N+](=O)[O-])CC1.[Cl-]. The van der Waals surface area contributed by atoms with Gasteiger partial charge < -0.3 is 32.1 Å². The molecule has 1 aliphatic heterocycles. The maximum absolute atomic E-state index is 11.2. The van der Waals surface area contributed by atoms with Crippen LogP contribution in [0.3, 0.4) is 0 Å². The van der Waals surface area contributed by atoms with E-state index < -0.39 is 11.0 Å². The fourth-order valence-electron chi connectivity index (χ4n) is 3.04. The van der Waals surface area contributed by atoms with Crippen LogP contribution in [0.5, 0.6) is 0 Å². The summed E-state index contributed by atoms with van der Waals surface area (Å²) in [7, 11) is 0. The predicted molar refractivity (Wildman–Crippen MR) is 97.6 cm³/mol. The van der Waals surface area contributed by atoms with Crippen LogP contribution in [-0.2, 0) is 4.74 Å². The van der Waals surface area contributed by atoms with Gasteiger partial charge in [0.1, 0.15) is 18.3 Å². The van der Waals surface area contributed by atoms with Crippen molar-refractivity contribution < 1.29 is 32.1 Å². The number of hydrogen-bond donors (Lipinski definition) is 2. The van der Waals surface area contributed by atoms with Crippen LogP contribution in [0.2, 0.25) is 5.02 Å². The molecule has 2 rings (SSSR count). The predicted octanol–water partition coefficient (Wildman–Crippen LogP) is -1.87. The molecule has 1 unspecified atom stereocenters. The quantitative estimate of drug-likeness (QED) is 0.285. The summed E-state index contributed by atoms with van der Waals surface area (Å²) in [6.07, 6.45) is 1.63. The van der Waals surface area contributed by atoms with E-state index in [-0.39, 0.29) is 18.1 Å². The summed E-state index contributed by atoms with van der Waals surface area (Å²) in [6, 6.07) is 4.79. The lowest BCUT2D eigenvalue weighted by Crippen LogP contribution is -3.16. The summed E-state index contributed by atoms with van der Waals surface area (Å²) < 4.78 is 5.46. The molecule has 7 nitrogen and oxygen atoms in total. The Morgan fingerprint density at radius 2 is 2.12 bits per heavy atom. The van der Waals surface area contributed by atoms with Gasteiger partial charge in [0.2, 0.25) is 0 Å². The first-order valence-corrected chi connectivity index (χ1v) is 9.17. The number of quaternary nitrogens is 1. The van der Waals surface area contributed by atoms with Crippen LogP contribution in [0, 0.1) is 10.1 Å². The highest BCUT2D eigenvalue weighted by atomic mass is 35.5. The van der Waals surface area contributed by atoms with Crippen LogP contribution in [-0.4, -0.2) is 62.1 Å². The Bertz CT molecular complexity index is 569. The second-order valence-corrected chi connectivity index (χ2v) is 6.85. The molecule has 1 aliphatic rings. The Balaban J connectivity index is 0.00000338. The lowest BCUT2D eigenvalue weighted by Gasteiger charge is -2.34. The molecule has 1 aromatic carbocycles. The monoisotopic (exact) mass is 407 g/mol. The third kappa shape index (κ3) is 6.89. The number of nitro groups is 1. The maximum Gasteiger partial charge on any atom is 0.294 e. The van der Waals surface area contributed by atoms with E-state index in [1.165, 1.54) is 11.0 Å². The number of nitrogens with zero attached hydrogens (tertiary/aromatic N) is 2. The average Bonchev–Trinajstić information content (AvgIpc) is 2.59. The molecule has 0 aromatic heterocycles. The van der Waals surface area contributed by atoms with Gasteiger partial charge in [-0.25, -0.2) is 0 Å². The third-order valence-corrected chi connectivity index (χ3v) is 4.66. The fraction of sp³-hybridized carbons (Fsp3) is 0.647. The molecule has 1 heterocycles. The van der Waals surface area contributed by atoms with Gasteiger partial charge in [-0.3, -0.25) is 10.1 Å². The van der Waals surface area contributed by atoms with Gasteiger partial charge in [-0.2, -0.15) is 0 Å². The summed E-state index contributed by atoms with van der Waals surface area (Å²) in [5.41, 5.74) is 0.650. The first-order valence-electron chi connectivity index (χ1n) is 8.79. The summed E-state index contributed by atoms with van der Waals surface area (Å²) in [6.45, 7) is 6.88. The molecule has 2 N–H and O–H groups in total. The molecule has 0 radical (unpaired) electrons. The Labute approximate surface area is 165 Å². The van der Waals surface area contributed by atoms with Crippen molar-refractivity contribution in [2.45, 2.75) is 25.9 Å². The molecule has 9 heteroatoms. The van der Waals surface area contributed by atoms with Crippen LogP contribution in [0.15, 0.2) is 18.2 Å². The van der Waals surface area contributed by atoms with Crippen molar-refractivity contribution in [3.63, 3.8) is 0 Å². The van der Waals surface area contributed by atoms with Gasteiger partial charge in [0, 0.05) is 17.7 Å². The number of rotatable bonds is 9. The van der Waals surface area contributed by atoms with Crippen LogP contribution >= 0.6 is 11.6 Å². The molecule has 0 aliphatic carbocycles. The first-order chi connectivity index (χ1) is 12.0. The second-order valence-electron chi connectivity index (χ2n) is 6.41. The minimum Gasteiger partial charge on any atom is -1.00 e. The van der Waals surface area contributed by atoms with E-state index >= 15 is 0 Å². The van der Waals surface area contributed by atoms with Crippen molar-refractivity contribution in [2.75, 3.05) is 50.8 Å². The van der Waals surface area contributed by atoms with Crippen molar-refractivity contribution in [2.24, 2.45) is 0 Å². The van der Waals surface area contributed by atoms with Crippen LogP contribution in [0.25, 0.3) is 0 Å². The number of nitro benzene ring substituents is 1. The van der Waals surface area contributed by atoms with Crippen LogP contribution in [0.1, 0.15) is 19.8 Å². The number of anilines is 1. The lowest BCUT2D eigenvalue weighted by atomic mass is 10.2. The molecule has 1 atom stereocenters. The summed E-state index contributed by atoms with van der Waals surface area (Å²) >= 11 is 5.87. The molecular formula is C17H27Cl2N3O4. The van der Waals surface area contributed by atoms with Gasteiger partial charge in [-0.05, 0) is 18.6 Å². The van der Waals surface area contributed by atoms with E-state index in [0.29, 0.717) is 43.6 Å². The standard InChI is InChI=1S/C17H26ClN3O4.ClH/c1-2-3-10-25-13-15(22)12-19-6-8-20(9-7-19)16-5-4-14(18)11-17(16)21(23)24;/h4-5,11,15,22H,2-3,6-10,12-13H2,1H3;1H. The number of aliphatic hydroxyl groups excluding tert-OH is 1. The molecular weight excluding hydrogens is 381 g/mol. The number of ether oxygens (including phenoxy) is 1. The molecule has 0 amide bonds. The lowest BCUT2D eigenvalue weighted by molar-refractivity contribution is -0.903. The zero-order chi connectivity index (χ0) is 18.2. The van der Waals surface area contributed by atoms with Crippen molar-refractivity contribution >= 4 is 23.0 Å². The zero-order valence-electron chi connectivity index (χ0n) is 15.0. The molecule has 148 valence electrons. The smallest absolute Gasteiger partial charge is 0.294 e. The van der Waals surface area contributed by atoms with Crippen molar-refractivity contribution in [1.82, 2.24) is 0 Å². The number of halogens is 2. The average molecular weight is 408 g/mol. The summed E-state index contributed by atoms with van der Waals surface area (Å²) in [4.78, 5) is 14.2. The fourth-order valence-corrected chi connectivity index (χ4v) is 3.20. The highest BCUT2D eigenvalue weighted by Gasteiger charge is 2.26. The highest BCUT2D eigenvalue weighted by Crippen LogP contribution is 2.30. The van der Waals surface area contributed by atoms with E-state index in [1.54, 1.807) is 12.1 Å². The Hall–Kier alpha value is -1.12. The van der Waals surface area contributed by atoms with Crippen LogP contribution < -0.4 is 22.2 Å². The van der Waals surface area contributed by atoms with Crippen molar-refractivity contribution in [1.29, 1.82) is 0 Å². The second kappa shape index (κ2) is 11.6. The van der Waals surface area contributed by atoms with Gasteiger partial charge in [0.25, 0.3) is 5.69 Å². The van der Waals surface area contributed by atoms with Gasteiger partial charge >= 0.3 is 0 Å². The largest absolute Gasteiger partial charge is 1.00 e. The number of aliphatic hydroxyl groups is 1. The van der Waals surface area contributed by atoms with E-state index in [4.69, 9.17) is 16.3 Å². The minimum atomic E-state index is -0.469. The number of hydrogen-bond acceptors (Lipinski definition) is 5. The Morgan fingerprint density at radius 1 is 1.42 bits per heavy atom. The number of piperazine rings is 1. The number of benzene rings is 1. The van der Waals surface area contributed by atoms with E-state index in [9.17, 15) is 15.2 Å². The van der Waals surface area contributed by atoms with Gasteiger partial charge in [-0.1, -0.05) is 24.9 Å². The van der Waals surface area contributed by atoms with Gasteiger partial charge in [0.15, 0.2) is 0 Å². The first kappa shape index (κ1) is 22.9. The van der Waals surface area contributed by atoms with Crippen molar-refractivity contribution in [3.8, 4) is 0 Å². The van der Waals surface area contributed by atoms with Crippen molar-refractivity contribution in [3.05, 3.63) is 33.3 Å². The molecule has 1 aromatic rings. The molecule has 1 saturated heterocycles. The van der Waals surface area contributed by atoms with Crippen LogP contribution in [0.4, 0.5) is 11.4 Å². The molecule has 1 fully saturated rings. The highest BCUT2D eigenvalue weighted by molar-refractivity contribution is 6.30. The normalized spacial score (nSPS) is 16.2. The van der Waals surface area contributed by atoms with E-state index in [0.717, 1.165) is 25.9 Å². The van der Waals surface area contributed by atoms with E-state index in [2.05, 4.69) is 6.92 Å². The van der Waals surface area contributed by atoms with Gasteiger partial charge in [0.05, 0.1) is 37.7 Å². The summed E-state index contributed by atoms with van der Waals surface area (Å²) in [5, 5.41) is 21.7. The maximum atomic E-state index is 11.2. The van der Waals surface area contributed by atoms with E-state index in [1.807, 2.05) is 4.90 Å². The van der Waals surface area contributed by atoms with Gasteiger partial charge in [-0.15, -0.1) is 0 Å². The zero-order valence-corrected chi connectivity index (χ0v) is 16.5.